The predicted octanol–water partition coefficient (Wildman–Crippen LogP) is 3.68. The Morgan fingerprint density at radius 2 is 1.94 bits per heavy atom. The van der Waals surface area contributed by atoms with E-state index in [-0.39, 0.29) is 35.2 Å². The molecule has 0 bridgehead atoms. The van der Waals surface area contributed by atoms with E-state index in [1.54, 1.807) is 18.2 Å². The van der Waals surface area contributed by atoms with Gasteiger partial charge in [-0.25, -0.2) is 8.42 Å². The summed E-state index contributed by atoms with van der Waals surface area (Å²) in [6.45, 7) is 4.00. The Kier molecular flexibility index (Phi) is 6.42. The molecule has 7 nitrogen and oxygen atoms in total. The summed E-state index contributed by atoms with van der Waals surface area (Å²) < 4.78 is 29.3. The third-order valence-corrected chi connectivity index (χ3v) is 8.77. The van der Waals surface area contributed by atoms with Gasteiger partial charge in [0.25, 0.3) is 0 Å². The summed E-state index contributed by atoms with van der Waals surface area (Å²) in [5, 5.41) is 3.90. The van der Waals surface area contributed by atoms with Crippen molar-refractivity contribution in [2.75, 3.05) is 35.4 Å². The van der Waals surface area contributed by atoms with Crippen LogP contribution in [0.1, 0.15) is 11.1 Å². The van der Waals surface area contributed by atoms with Crippen LogP contribution in [0.5, 0.6) is 5.75 Å². The number of amidine groups is 1. The van der Waals surface area contributed by atoms with Crippen molar-refractivity contribution in [3.63, 3.8) is 0 Å². The molecule has 2 heterocycles. The second-order valence-electron chi connectivity index (χ2n) is 8.04. The number of nitrogens with one attached hydrogen (secondary N) is 1. The maximum Gasteiger partial charge on any atom is 0.244 e. The molecule has 0 spiro atoms. The van der Waals surface area contributed by atoms with Crippen LogP contribution in [0.2, 0.25) is 5.02 Å². The molecule has 1 N–H and O–H groups in total. The average molecular weight is 494 g/mol. The summed E-state index contributed by atoms with van der Waals surface area (Å²) in [5.74, 6) is 0.411. The molecule has 32 heavy (non-hydrogen) atoms. The van der Waals surface area contributed by atoms with Crippen molar-refractivity contribution in [3.05, 3.63) is 52.5 Å². The van der Waals surface area contributed by atoms with Gasteiger partial charge in [0.2, 0.25) is 5.91 Å². The van der Waals surface area contributed by atoms with Gasteiger partial charge in [-0.1, -0.05) is 29.4 Å². The fraction of sp³-hybridized carbons (Fsp3) is 0.364. The first kappa shape index (κ1) is 22.9. The molecule has 4 rings (SSSR count). The molecule has 0 unspecified atom stereocenters. The van der Waals surface area contributed by atoms with E-state index in [0.717, 1.165) is 16.8 Å². The van der Waals surface area contributed by atoms with Crippen molar-refractivity contribution in [2.45, 2.75) is 25.1 Å². The fourth-order valence-corrected chi connectivity index (χ4v) is 7.91. The van der Waals surface area contributed by atoms with Crippen LogP contribution in [-0.2, 0) is 14.6 Å². The lowest BCUT2D eigenvalue weighted by molar-refractivity contribution is -0.114. The molecule has 2 atom stereocenters. The number of sulfone groups is 1. The first-order valence-electron chi connectivity index (χ1n) is 10.1. The maximum absolute atomic E-state index is 13.0. The van der Waals surface area contributed by atoms with Gasteiger partial charge < -0.3 is 15.0 Å². The number of ether oxygens (including phenoxy) is 1. The second kappa shape index (κ2) is 8.96. The van der Waals surface area contributed by atoms with Crippen molar-refractivity contribution >= 4 is 55.6 Å². The highest BCUT2D eigenvalue weighted by Crippen LogP contribution is 2.37. The Morgan fingerprint density at radius 1 is 1.22 bits per heavy atom. The zero-order valence-electron chi connectivity index (χ0n) is 18.0. The number of rotatable bonds is 5. The van der Waals surface area contributed by atoms with Gasteiger partial charge in [0, 0.05) is 16.0 Å². The van der Waals surface area contributed by atoms with E-state index < -0.39 is 9.84 Å². The number of thioether (sulfide) groups is 1. The molecule has 10 heteroatoms. The van der Waals surface area contributed by atoms with Crippen LogP contribution in [-0.4, -0.2) is 55.9 Å². The van der Waals surface area contributed by atoms with Gasteiger partial charge >= 0.3 is 0 Å². The number of hydrogen-bond donors (Lipinski definition) is 1. The molecule has 1 fully saturated rings. The number of amides is 1. The molecule has 0 radical (unpaired) electrons. The minimum absolute atomic E-state index is 0.0105. The number of carbonyl (C=O) groups excluding carboxylic acids is 1. The van der Waals surface area contributed by atoms with Gasteiger partial charge in [0.1, 0.15) is 12.3 Å². The number of anilines is 2. The van der Waals surface area contributed by atoms with Crippen molar-refractivity contribution in [3.8, 4) is 5.75 Å². The Hall–Kier alpha value is -2.23. The molecule has 2 aliphatic heterocycles. The third-order valence-electron chi connectivity index (χ3n) is 5.29. The lowest BCUT2D eigenvalue weighted by Gasteiger charge is -2.25. The summed E-state index contributed by atoms with van der Waals surface area (Å²) in [6.07, 6.45) is 0. The summed E-state index contributed by atoms with van der Waals surface area (Å²) >= 11 is 7.51. The number of carbonyl (C=O) groups is 1. The molecular weight excluding hydrogens is 470 g/mol. The quantitative estimate of drug-likeness (QED) is 0.683. The Balaban J connectivity index is 1.62. The van der Waals surface area contributed by atoms with Gasteiger partial charge in [0.05, 0.1) is 30.3 Å². The molecule has 2 aromatic rings. The van der Waals surface area contributed by atoms with Gasteiger partial charge in [-0.2, -0.15) is 0 Å². The standard InChI is InChI=1S/C22H24ClN3O4S2/c1-13-6-14(2)8-16(7-13)26(22-25-18-11-32(28,29)12-20(18)31-22)10-21(27)24-17-9-15(23)4-5-19(17)30-3/h4-9,18,20H,10-12H2,1-3H3,(H,24,27)/t18-,20-/m0/s1. The normalized spacial score (nSPS) is 21.1. The Bertz CT molecular complexity index is 1180. The Morgan fingerprint density at radius 3 is 2.59 bits per heavy atom. The number of aliphatic imine (C=N–C) groups is 1. The zero-order valence-corrected chi connectivity index (χ0v) is 20.4. The number of fused-ring (bicyclic) bond motifs is 1. The summed E-state index contributed by atoms with van der Waals surface area (Å²) in [4.78, 5) is 19.6. The van der Waals surface area contributed by atoms with Crippen molar-refractivity contribution in [1.29, 1.82) is 0 Å². The van der Waals surface area contributed by atoms with Gasteiger partial charge in [0.15, 0.2) is 15.0 Å². The largest absolute Gasteiger partial charge is 0.495 e. The highest BCUT2D eigenvalue weighted by atomic mass is 35.5. The lowest BCUT2D eigenvalue weighted by Crippen LogP contribution is -2.36. The van der Waals surface area contributed by atoms with E-state index in [1.165, 1.54) is 18.9 Å². The molecule has 0 aliphatic carbocycles. The van der Waals surface area contributed by atoms with Crippen LogP contribution in [0.3, 0.4) is 0 Å². The smallest absolute Gasteiger partial charge is 0.244 e. The molecule has 0 aromatic heterocycles. The summed E-state index contributed by atoms with van der Waals surface area (Å²) in [5.41, 5.74) is 3.45. The van der Waals surface area contributed by atoms with Crippen molar-refractivity contribution in [2.24, 2.45) is 4.99 Å². The molecule has 2 aliphatic rings. The van der Waals surface area contributed by atoms with E-state index >= 15 is 0 Å². The van der Waals surface area contributed by atoms with E-state index in [9.17, 15) is 13.2 Å². The fourth-order valence-electron chi connectivity index (χ4n) is 3.96. The lowest BCUT2D eigenvalue weighted by atomic mass is 10.1. The van der Waals surface area contributed by atoms with Gasteiger partial charge in [-0.15, -0.1) is 0 Å². The minimum Gasteiger partial charge on any atom is -0.495 e. The van der Waals surface area contributed by atoms with E-state index in [4.69, 9.17) is 21.3 Å². The number of hydrogen-bond acceptors (Lipinski definition) is 7. The maximum atomic E-state index is 13.0. The molecule has 170 valence electrons. The first-order valence-corrected chi connectivity index (χ1v) is 13.2. The minimum atomic E-state index is -3.06. The van der Waals surface area contributed by atoms with Crippen LogP contribution in [0, 0.1) is 13.8 Å². The molecular formula is C22H24ClN3O4S2. The monoisotopic (exact) mass is 493 g/mol. The highest BCUT2D eigenvalue weighted by molar-refractivity contribution is 8.15. The van der Waals surface area contributed by atoms with Crippen LogP contribution >= 0.6 is 23.4 Å². The zero-order chi connectivity index (χ0) is 23.0. The summed E-state index contributed by atoms with van der Waals surface area (Å²) in [7, 11) is -1.54. The van der Waals surface area contributed by atoms with Crippen LogP contribution < -0.4 is 15.0 Å². The topological polar surface area (TPSA) is 88.1 Å². The SMILES string of the molecule is COc1ccc(Cl)cc1NC(=O)CN(C1=N[C@H]2CS(=O)(=O)C[C@@H]2S1)c1cc(C)cc(C)c1. The molecule has 0 saturated carbocycles. The van der Waals surface area contributed by atoms with Gasteiger partial charge in [-0.3, -0.25) is 9.79 Å². The molecule has 2 aromatic carbocycles. The van der Waals surface area contributed by atoms with Crippen LogP contribution in [0.4, 0.5) is 11.4 Å². The van der Waals surface area contributed by atoms with Crippen LogP contribution in [0.15, 0.2) is 41.4 Å². The highest BCUT2D eigenvalue weighted by Gasteiger charge is 2.44. The number of aryl methyl sites for hydroxylation is 2. The molecule has 1 amide bonds. The van der Waals surface area contributed by atoms with Crippen LogP contribution in [0.25, 0.3) is 0 Å². The number of nitrogens with zero attached hydrogens (tertiary/aromatic N) is 2. The van der Waals surface area contributed by atoms with E-state index in [0.29, 0.717) is 21.6 Å². The van der Waals surface area contributed by atoms with Crippen molar-refractivity contribution in [1.82, 2.24) is 0 Å². The first-order chi connectivity index (χ1) is 15.1. The second-order valence-corrected chi connectivity index (χ2v) is 11.8. The summed E-state index contributed by atoms with van der Waals surface area (Å²) in [6, 6.07) is 10.8. The van der Waals surface area contributed by atoms with E-state index in [2.05, 4.69) is 11.4 Å². The number of benzene rings is 2. The van der Waals surface area contributed by atoms with Gasteiger partial charge in [-0.05, 0) is 55.3 Å². The van der Waals surface area contributed by atoms with E-state index in [1.807, 2.05) is 30.9 Å². The third kappa shape index (κ3) is 5.05. The average Bonchev–Trinajstić information content (AvgIpc) is 3.18. The predicted molar refractivity (Wildman–Crippen MR) is 131 cm³/mol. The van der Waals surface area contributed by atoms with Crippen molar-refractivity contribution < 1.29 is 17.9 Å². The molecule has 1 saturated heterocycles. The number of halogens is 1. The number of methoxy groups -OCH3 is 1. The Labute approximate surface area is 197 Å².